The Bertz CT molecular complexity index is 821. The molecule has 0 radical (unpaired) electrons. The van der Waals surface area contributed by atoms with Gasteiger partial charge in [0.25, 0.3) is 5.89 Å². The normalized spacial score (nSPS) is 10.6. The molecule has 0 amide bonds. The van der Waals surface area contributed by atoms with Crippen LogP contribution in [0.3, 0.4) is 0 Å². The van der Waals surface area contributed by atoms with Gasteiger partial charge in [-0.3, -0.25) is 4.98 Å². The van der Waals surface area contributed by atoms with Crippen molar-refractivity contribution >= 4 is 15.9 Å². The van der Waals surface area contributed by atoms with Crippen molar-refractivity contribution in [1.29, 1.82) is 0 Å². The summed E-state index contributed by atoms with van der Waals surface area (Å²) in [5.41, 5.74) is 1.39. The standard InChI is InChI=1S/C17H16BrN3O3/c1-3-22-14-10-11(9-12(18)15(14)23-4-2)16-20-17(24-21-16)13-7-5-6-8-19-13/h5-10H,3-4H2,1-2H3. The van der Waals surface area contributed by atoms with E-state index < -0.39 is 0 Å². The predicted molar refractivity (Wildman–Crippen MR) is 93.0 cm³/mol. The molecule has 3 rings (SSSR count). The Morgan fingerprint density at radius 2 is 1.96 bits per heavy atom. The number of rotatable bonds is 6. The van der Waals surface area contributed by atoms with Gasteiger partial charge in [-0.2, -0.15) is 4.98 Å². The second kappa shape index (κ2) is 7.44. The van der Waals surface area contributed by atoms with Crippen molar-refractivity contribution in [2.45, 2.75) is 13.8 Å². The summed E-state index contributed by atoms with van der Waals surface area (Å²) in [4.78, 5) is 8.62. The van der Waals surface area contributed by atoms with Gasteiger partial charge >= 0.3 is 0 Å². The van der Waals surface area contributed by atoms with Crippen molar-refractivity contribution in [1.82, 2.24) is 15.1 Å². The second-order valence-corrected chi connectivity index (χ2v) is 5.64. The first kappa shape index (κ1) is 16.4. The molecular weight excluding hydrogens is 374 g/mol. The second-order valence-electron chi connectivity index (χ2n) is 4.79. The molecule has 0 N–H and O–H groups in total. The fourth-order valence-corrected chi connectivity index (χ4v) is 2.73. The van der Waals surface area contributed by atoms with Crippen LogP contribution in [0.2, 0.25) is 0 Å². The van der Waals surface area contributed by atoms with Crippen LogP contribution < -0.4 is 9.47 Å². The van der Waals surface area contributed by atoms with E-state index in [0.717, 1.165) is 10.0 Å². The minimum absolute atomic E-state index is 0.369. The van der Waals surface area contributed by atoms with Gasteiger partial charge < -0.3 is 14.0 Å². The van der Waals surface area contributed by atoms with Gasteiger partial charge in [-0.1, -0.05) is 11.2 Å². The average Bonchev–Trinajstić information content (AvgIpc) is 3.09. The zero-order valence-corrected chi connectivity index (χ0v) is 14.9. The molecule has 1 aromatic carbocycles. The molecule has 124 valence electrons. The highest BCUT2D eigenvalue weighted by atomic mass is 79.9. The predicted octanol–water partition coefficient (Wildman–Crippen LogP) is 4.36. The lowest BCUT2D eigenvalue weighted by Crippen LogP contribution is -2.00. The monoisotopic (exact) mass is 389 g/mol. The number of halogens is 1. The topological polar surface area (TPSA) is 70.3 Å². The molecule has 0 unspecified atom stereocenters. The van der Waals surface area contributed by atoms with E-state index in [9.17, 15) is 0 Å². The molecule has 0 aliphatic carbocycles. The number of nitrogens with zero attached hydrogens (tertiary/aromatic N) is 3. The molecular formula is C17H16BrN3O3. The van der Waals surface area contributed by atoms with Crippen LogP contribution in [0.5, 0.6) is 11.5 Å². The van der Waals surface area contributed by atoms with E-state index in [1.807, 2.05) is 44.2 Å². The first-order chi connectivity index (χ1) is 11.7. The molecule has 7 heteroatoms. The van der Waals surface area contributed by atoms with Gasteiger partial charge in [-0.25, -0.2) is 0 Å². The first-order valence-corrected chi connectivity index (χ1v) is 8.36. The molecule has 24 heavy (non-hydrogen) atoms. The Labute approximate surface area is 148 Å². The molecule has 0 saturated carbocycles. The third kappa shape index (κ3) is 3.41. The number of pyridine rings is 1. The fourth-order valence-electron chi connectivity index (χ4n) is 2.18. The number of aromatic nitrogens is 3. The van der Waals surface area contributed by atoms with E-state index in [0.29, 0.717) is 42.1 Å². The summed E-state index contributed by atoms with van der Waals surface area (Å²) in [6.45, 7) is 4.92. The highest BCUT2D eigenvalue weighted by Gasteiger charge is 2.17. The van der Waals surface area contributed by atoms with E-state index in [4.69, 9.17) is 14.0 Å². The largest absolute Gasteiger partial charge is 0.490 e. The van der Waals surface area contributed by atoms with E-state index in [2.05, 4.69) is 31.1 Å². The molecule has 0 atom stereocenters. The van der Waals surface area contributed by atoms with Gasteiger partial charge in [0.2, 0.25) is 5.82 Å². The molecule has 0 bridgehead atoms. The smallest absolute Gasteiger partial charge is 0.276 e. The zero-order chi connectivity index (χ0) is 16.9. The van der Waals surface area contributed by atoms with Crippen LogP contribution in [0.15, 0.2) is 45.5 Å². The zero-order valence-electron chi connectivity index (χ0n) is 13.3. The Balaban J connectivity index is 1.99. The molecule has 6 nitrogen and oxygen atoms in total. The summed E-state index contributed by atoms with van der Waals surface area (Å²) in [6, 6.07) is 9.23. The third-order valence-electron chi connectivity index (χ3n) is 3.17. The van der Waals surface area contributed by atoms with Crippen molar-refractivity contribution < 1.29 is 14.0 Å². The van der Waals surface area contributed by atoms with Gasteiger partial charge in [0, 0.05) is 11.8 Å². The molecule has 3 aromatic rings. The van der Waals surface area contributed by atoms with Gasteiger partial charge in [0.05, 0.1) is 17.7 Å². The minimum atomic E-state index is 0.369. The SMILES string of the molecule is CCOc1cc(-c2noc(-c3ccccn3)n2)cc(Br)c1OCC. The van der Waals surface area contributed by atoms with Gasteiger partial charge in [-0.15, -0.1) is 0 Å². The van der Waals surface area contributed by atoms with Crippen LogP contribution in [0.1, 0.15) is 13.8 Å². The van der Waals surface area contributed by atoms with Gasteiger partial charge in [0.1, 0.15) is 5.69 Å². The van der Waals surface area contributed by atoms with E-state index in [-0.39, 0.29) is 0 Å². The van der Waals surface area contributed by atoms with Crippen molar-refractivity contribution in [2.75, 3.05) is 13.2 Å². The lowest BCUT2D eigenvalue weighted by Gasteiger charge is -2.13. The van der Waals surface area contributed by atoms with E-state index in [1.165, 1.54) is 0 Å². The molecule has 0 aliphatic rings. The number of hydrogen-bond donors (Lipinski definition) is 0. The quantitative estimate of drug-likeness (QED) is 0.623. The maximum absolute atomic E-state index is 5.67. The van der Waals surface area contributed by atoms with E-state index >= 15 is 0 Å². The number of ether oxygens (including phenoxy) is 2. The number of hydrogen-bond acceptors (Lipinski definition) is 6. The Hall–Kier alpha value is -2.41. The van der Waals surface area contributed by atoms with Gasteiger partial charge in [0.15, 0.2) is 11.5 Å². The van der Waals surface area contributed by atoms with Crippen LogP contribution in [-0.4, -0.2) is 28.3 Å². The fraction of sp³-hybridized carbons (Fsp3) is 0.235. The van der Waals surface area contributed by atoms with Gasteiger partial charge in [-0.05, 0) is 54.0 Å². The lowest BCUT2D eigenvalue weighted by molar-refractivity contribution is 0.286. The highest BCUT2D eigenvalue weighted by molar-refractivity contribution is 9.10. The summed E-state index contributed by atoms with van der Waals surface area (Å²) in [6.07, 6.45) is 1.68. The Morgan fingerprint density at radius 3 is 2.67 bits per heavy atom. The summed E-state index contributed by atoms with van der Waals surface area (Å²) in [5.74, 6) is 2.12. The van der Waals surface area contributed by atoms with Crippen molar-refractivity contribution in [3.8, 4) is 34.5 Å². The van der Waals surface area contributed by atoms with Crippen molar-refractivity contribution in [3.05, 3.63) is 41.0 Å². The molecule has 0 saturated heterocycles. The molecule has 2 aromatic heterocycles. The van der Waals surface area contributed by atoms with Crippen LogP contribution >= 0.6 is 15.9 Å². The summed E-state index contributed by atoms with van der Waals surface area (Å²) in [7, 11) is 0. The summed E-state index contributed by atoms with van der Waals surface area (Å²) >= 11 is 3.51. The highest BCUT2D eigenvalue weighted by Crippen LogP contribution is 2.39. The van der Waals surface area contributed by atoms with Crippen molar-refractivity contribution in [2.24, 2.45) is 0 Å². The van der Waals surface area contributed by atoms with Crippen molar-refractivity contribution in [3.63, 3.8) is 0 Å². The lowest BCUT2D eigenvalue weighted by atomic mass is 10.2. The Kier molecular flexibility index (Phi) is 5.10. The van der Waals surface area contributed by atoms with E-state index in [1.54, 1.807) is 6.20 Å². The average molecular weight is 390 g/mol. The molecule has 2 heterocycles. The molecule has 0 spiro atoms. The maximum atomic E-state index is 5.67. The summed E-state index contributed by atoms with van der Waals surface area (Å²) in [5, 5.41) is 4.04. The van der Waals surface area contributed by atoms with Crippen LogP contribution in [0, 0.1) is 0 Å². The third-order valence-corrected chi connectivity index (χ3v) is 3.76. The molecule has 0 fully saturated rings. The maximum Gasteiger partial charge on any atom is 0.276 e. The first-order valence-electron chi connectivity index (χ1n) is 7.57. The minimum Gasteiger partial charge on any atom is -0.490 e. The summed E-state index contributed by atoms with van der Waals surface area (Å²) < 4.78 is 17.4. The Morgan fingerprint density at radius 1 is 1.12 bits per heavy atom. The van der Waals surface area contributed by atoms with Crippen LogP contribution in [0.4, 0.5) is 0 Å². The molecule has 0 aliphatic heterocycles. The number of benzene rings is 1. The van der Waals surface area contributed by atoms with Crippen LogP contribution in [0.25, 0.3) is 23.0 Å². The van der Waals surface area contributed by atoms with Crippen LogP contribution in [-0.2, 0) is 0 Å².